The fraction of sp³-hybridized carbons (Fsp3) is 0.556. The standard InChI is InChI=1S/C36H46BN3O4/c1-21-17-29(40(20-21)33(41)42-34(2,3)4)32-38-19-28(39-32)23-11-9-22(10-12-23)26-15-16-27(31-25-14-13-24(18-25)30(26)31)37-43-35(5,6)36(7,8)44-37/h9-12,15-16,19,21,24-25,29H,13-14,17-18,20H2,1-8H3,(H,38,39). The van der Waals surface area contributed by atoms with Gasteiger partial charge in [-0.15, -0.1) is 0 Å². The molecule has 2 aliphatic heterocycles. The largest absolute Gasteiger partial charge is 0.495 e. The Labute approximate surface area is 262 Å². The van der Waals surface area contributed by atoms with Gasteiger partial charge in [-0.3, -0.25) is 4.90 Å². The van der Waals surface area contributed by atoms with E-state index in [0.717, 1.165) is 23.5 Å². The van der Waals surface area contributed by atoms with Gasteiger partial charge < -0.3 is 19.0 Å². The number of ether oxygens (including phenoxy) is 1. The van der Waals surface area contributed by atoms with E-state index in [9.17, 15) is 4.79 Å². The van der Waals surface area contributed by atoms with E-state index in [0.29, 0.717) is 24.3 Å². The molecule has 7 nitrogen and oxygen atoms in total. The quantitative estimate of drug-likeness (QED) is 0.313. The van der Waals surface area contributed by atoms with Gasteiger partial charge in [0.1, 0.15) is 11.4 Å². The highest BCUT2D eigenvalue weighted by Crippen LogP contribution is 2.55. The monoisotopic (exact) mass is 595 g/mol. The van der Waals surface area contributed by atoms with Gasteiger partial charge in [0, 0.05) is 6.54 Å². The third kappa shape index (κ3) is 4.98. The number of carbonyl (C=O) groups is 1. The van der Waals surface area contributed by atoms with E-state index < -0.39 is 5.60 Å². The van der Waals surface area contributed by atoms with Crippen LogP contribution in [0.1, 0.15) is 116 Å². The topological polar surface area (TPSA) is 76.7 Å². The molecular weight excluding hydrogens is 549 g/mol. The van der Waals surface area contributed by atoms with Gasteiger partial charge >= 0.3 is 13.2 Å². The van der Waals surface area contributed by atoms with Crippen molar-refractivity contribution in [2.45, 2.75) is 116 Å². The number of imidazole rings is 1. The van der Waals surface area contributed by atoms with Crippen molar-refractivity contribution in [3.8, 4) is 22.4 Å². The summed E-state index contributed by atoms with van der Waals surface area (Å²) < 4.78 is 18.7. The van der Waals surface area contributed by atoms with Gasteiger partial charge in [-0.05, 0) is 125 Å². The number of aromatic amines is 1. The Morgan fingerprint density at radius 2 is 1.59 bits per heavy atom. The summed E-state index contributed by atoms with van der Waals surface area (Å²) in [6.45, 7) is 17.1. The van der Waals surface area contributed by atoms with E-state index in [1.165, 1.54) is 47.0 Å². The molecule has 1 saturated carbocycles. The number of nitrogens with zero attached hydrogens (tertiary/aromatic N) is 2. The highest BCUT2D eigenvalue weighted by molar-refractivity contribution is 6.62. The number of carbonyl (C=O) groups excluding carboxylic acids is 1. The first-order valence-corrected chi connectivity index (χ1v) is 16.4. The molecule has 3 heterocycles. The van der Waals surface area contributed by atoms with Crippen LogP contribution in [0.5, 0.6) is 0 Å². The molecule has 2 aliphatic carbocycles. The van der Waals surface area contributed by atoms with Crippen molar-refractivity contribution in [2.24, 2.45) is 5.92 Å². The molecule has 4 unspecified atom stereocenters. The number of aromatic nitrogens is 2. The number of amides is 1. The summed E-state index contributed by atoms with van der Waals surface area (Å²) in [5, 5.41) is 0. The molecule has 2 aromatic carbocycles. The van der Waals surface area contributed by atoms with Gasteiger partial charge in [-0.1, -0.05) is 43.3 Å². The van der Waals surface area contributed by atoms with Crippen molar-refractivity contribution < 1.29 is 18.8 Å². The van der Waals surface area contributed by atoms with E-state index in [-0.39, 0.29) is 30.5 Å². The van der Waals surface area contributed by atoms with Gasteiger partial charge in [0.15, 0.2) is 0 Å². The van der Waals surface area contributed by atoms with E-state index in [2.05, 4.69) is 76.0 Å². The van der Waals surface area contributed by atoms with Crippen LogP contribution in [0.2, 0.25) is 0 Å². The smallest absolute Gasteiger partial charge is 0.444 e. The van der Waals surface area contributed by atoms with Gasteiger partial charge in [0.2, 0.25) is 0 Å². The maximum Gasteiger partial charge on any atom is 0.495 e. The third-order valence-electron chi connectivity index (χ3n) is 10.6. The molecule has 7 rings (SSSR count). The Morgan fingerprint density at radius 1 is 0.955 bits per heavy atom. The number of hydrogen-bond donors (Lipinski definition) is 1. The van der Waals surface area contributed by atoms with E-state index in [4.69, 9.17) is 19.0 Å². The third-order valence-corrected chi connectivity index (χ3v) is 10.6. The van der Waals surface area contributed by atoms with Crippen LogP contribution in [0.3, 0.4) is 0 Å². The second kappa shape index (κ2) is 10.2. The van der Waals surface area contributed by atoms with Crippen molar-refractivity contribution in [3.63, 3.8) is 0 Å². The summed E-state index contributed by atoms with van der Waals surface area (Å²) >= 11 is 0. The normalized spacial score (nSPS) is 26.8. The summed E-state index contributed by atoms with van der Waals surface area (Å²) in [7, 11) is -0.326. The molecule has 1 amide bonds. The van der Waals surface area contributed by atoms with Crippen LogP contribution in [0, 0.1) is 5.92 Å². The molecule has 2 saturated heterocycles. The van der Waals surface area contributed by atoms with Gasteiger partial charge in [-0.25, -0.2) is 9.78 Å². The molecule has 1 aromatic heterocycles. The second-order valence-electron chi connectivity index (χ2n) is 15.6. The fourth-order valence-electron chi connectivity index (χ4n) is 7.79. The second-order valence-corrected chi connectivity index (χ2v) is 15.6. The average molecular weight is 596 g/mol. The summed E-state index contributed by atoms with van der Waals surface area (Å²) in [5.41, 5.74) is 7.55. The van der Waals surface area contributed by atoms with Gasteiger partial charge in [-0.2, -0.15) is 0 Å². The summed E-state index contributed by atoms with van der Waals surface area (Å²) in [4.78, 5) is 23.0. The number of fused-ring (bicyclic) bond motifs is 5. The maximum atomic E-state index is 13.0. The van der Waals surface area contributed by atoms with Crippen molar-refractivity contribution in [1.29, 1.82) is 0 Å². The van der Waals surface area contributed by atoms with Gasteiger partial charge in [0.25, 0.3) is 0 Å². The lowest BCUT2D eigenvalue weighted by molar-refractivity contribution is 0.00578. The molecular formula is C36H46BN3O4. The maximum absolute atomic E-state index is 13.0. The Bertz CT molecular complexity index is 1570. The number of H-pyrrole nitrogens is 1. The summed E-state index contributed by atoms with van der Waals surface area (Å²) in [6, 6.07) is 13.2. The zero-order valence-electron chi connectivity index (χ0n) is 27.5. The number of likely N-dealkylation sites (tertiary alicyclic amines) is 1. The first kappa shape index (κ1) is 29.6. The van der Waals surface area contributed by atoms with Crippen molar-refractivity contribution in [3.05, 3.63) is 59.5 Å². The molecule has 232 valence electrons. The van der Waals surface area contributed by atoms with E-state index in [1.807, 2.05) is 31.9 Å². The van der Waals surface area contributed by atoms with Crippen LogP contribution in [0.4, 0.5) is 4.79 Å². The Morgan fingerprint density at radius 3 is 2.25 bits per heavy atom. The number of benzene rings is 2. The number of nitrogens with one attached hydrogen (secondary N) is 1. The Balaban J connectivity index is 1.15. The summed E-state index contributed by atoms with van der Waals surface area (Å²) in [6.07, 6.45) is 6.21. The zero-order chi connectivity index (χ0) is 31.2. The number of rotatable bonds is 4. The minimum absolute atomic E-state index is 0.117. The molecule has 0 spiro atoms. The Kier molecular flexibility index (Phi) is 6.87. The predicted molar refractivity (Wildman–Crippen MR) is 174 cm³/mol. The lowest BCUT2D eigenvalue weighted by Crippen LogP contribution is -2.41. The van der Waals surface area contributed by atoms with Crippen LogP contribution in [-0.2, 0) is 14.0 Å². The highest BCUT2D eigenvalue weighted by atomic mass is 16.7. The van der Waals surface area contributed by atoms with E-state index in [1.54, 1.807) is 0 Å². The first-order chi connectivity index (χ1) is 20.7. The van der Waals surface area contributed by atoms with Crippen molar-refractivity contribution >= 4 is 18.7 Å². The molecule has 1 N–H and O–H groups in total. The minimum atomic E-state index is -0.532. The molecule has 3 aromatic rings. The molecule has 4 aliphatic rings. The van der Waals surface area contributed by atoms with Gasteiger partial charge in [0.05, 0.1) is 29.1 Å². The number of hydrogen-bond acceptors (Lipinski definition) is 5. The minimum Gasteiger partial charge on any atom is -0.444 e. The molecule has 4 atom stereocenters. The van der Waals surface area contributed by atoms with Crippen molar-refractivity contribution in [2.75, 3.05) is 6.54 Å². The van der Waals surface area contributed by atoms with Crippen LogP contribution < -0.4 is 5.46 Å². The Hall–Kier alpha value is -3.10. The van der Waals surface area contributed by atoms with Crippen LogP contribution in [0.15, 0.2) is 42.6 Å². The SMILES string of the molecule is CC1CC(c2ncc(-c3ccc(-c4ccc(B5OC(C)(C)C(C)(C)O5)c5c4C4CCC5C4)cc3)[nH]2)N(C(=O)OC(C)(C)C)C1. The molecule has 44 heavy (non-hydrogen) atoms. The lowest BCUT2D eigenvalue weighted by Gasteiger charge is -2.32. The van der Waals surface area contributed by atoms with Crippen LogP contribution in [-0.4, -0.2) is 51.4 Å². The summed E-state index contributed by atoms with van der Waals surface area (Å²) in [5.74, 6) is 2.38. The molecule has 8 heteroatoms. The van der Waals surface area contributed by atoms with E-state index >= 15 is 0 Å². The first-order valence-electron chi connectivity index (χ1n) is 16.4. The molecule has 0 radical (unpaired) electrons. The fourth-order valence-corrected chi connectivity index (χ4v) is 7.79. The highest BCUT2D eigenvalue weighted by Gasteiger charge is 2.54. The zero-order valence-corrected chi connectivity index (χ0v) is 27.5. The average Bonchev–Trinajstić information content (AvgIpc) is 3.76. The predicted octanol–water partition coefficient (Wildman–Crippen LogP) is 7.73. The van der Waals surface area contributed by atoms with Crippen molar-refractivity contribution in [1.82, 2.24) is 14.9 Å². The van der Waals surface area contributed by atoms with Crippen LogP contribution >= 0.6 is 0 Å². The lowest BCUT2D eigenvalue weighted by atomic mass is 9.70. The molecule has 3 fully saturated rings. The van der Waals surface area contributed by atoms with Crippen LogP contribution in [0.25, 0.3) is 22.4 Å². The molecule has 2 bridgehead atoms.